The van der Waals surface area contributed by atoms with E-state index in [9.17, 15) is 13.2 Å². The average Bonchev–Trinajstić information content (AvgIpc) is 3.23. The first kappa shape index (κ1) is 22.8. The molecular formula is C23H29ClN2O3S. The first-order valence-corrected chi connectivity index (χ1v) is 12.3. The van der Waals surface area contributed by atoms with Crippen molar-refractivity contribution in [2.45, 2.75) is 50.5 Å². The lowest BCUT2D eigenvalue weighted by Crippen LogP contribution is -2.31. The molecule has 5 nitrogen and oxygen atoms in total. The number of benzene rings is 2. The Hall–Kier alpha value is -1.89. The summed E-state index contributed by atoms with van der Waals surface area (Å²) in [5, 5.41) is 0.687. The van der Waals surface area contributed by atoms with Gasteiger partial charge in [-0.3, -0.25) is 4.79 Å². The number of hydrogen-bond acceptors (Lipinski definition) is 3. The van der Waals surface area contributed by atoms with Gasteiger partial charge in [0.05, 0.1) is 10.9 Å². The lowest BCUT2D eigenvalue weighted by atomic mass is 10.0. The highest BCUT2D eigenvalue weighted by Gasteiger charge is 2.29. The summed E-state index contributed by atoms with van der Waals surface area (Å²) in [5.74, 6) is 0.123. The minimum atomic E-state index is -3.46. The maximum Gasteiger partial charge on any atom is 0.243 e. The highest BCUT2D eigenvalue weighted by atomic mass is 35.5. The molecule has 1 aliphatic heterocycles. The van der Waals surface area contributed by atoms with Crippen molar-refractivity contribution in [3.8, 4) is 0 Å². The SMILES string of the molecule is CCN(CC)S(=O)(=O)c1ccc(CCC(=O)N2CCCC2c2cccc(Cl)c2)cc1. The Morgan fingerprint density at radius 1 is 1.13 bits per heavy atom. The zero-order valence-electron chi connectivity index (χ0n) is 17.6. The number of sulfonamides is 1. The van der Waals surface area contributed by atoms with Gasteiger partial charge in [0.1, 0.15) is 0 Å². The third-order valence-corrected chi connectivity index (χ3v) is 8.00. The number of nitrogens with zero attached hydrogens (tertiary/aromatic N) is 2. The molecule has 3 rings (SSSR count). The number of hydrogen-bond donors (Lipinski definition) is 0. The molecule has 0 radical (unpaired) electrons. The minimum absolute atomic E-state index is 0.0813. The van der Waals surface area contributed by atoms with E-state index in [0.29, 0.717) is 35.8 Å². The number of halogens is 1. The molecule has 0 spiro atoms. The fraction of sp³-hybridized carbons (Fsp3) is 0.435. The second kappa shape index (κ2) is 9.94. The number of aryl methyl sites for hydroxylation is 1. The van der Waals surface area contributed by atoms with E-state index >= 15 is 0 Å². The molecule has 1 fully saturated rings. The topological polar surface area (TPSA) is 57.7 Å². The zero-order valence-corrected chi connectivity index (χ0v) is 19.1. The van der Waals surface area contributed by atoms with Crippen LogP contribution in [0.25, 0.3) is 0 Å². The van der Waals surface area contributed by atoms with Crippen LogP contribution in [0.4, 0.5) is 0 Å². The Labute approximate surface area is 184 Å². The third-order valence-electron chi connectivity index (χ3n) is 5.70. The van der Waals surface area contributed by atoms with Crippen molar-refractivity contribution in [3.05, 3.63) is 64.7 Å². The molecular weight excluding hydrogens is 420 g/mol. The van der Waals surface area contributed by atoms with E-state index in [1.807, 2.05) is 55.1 Å². The number of carbonyl (C=O) groups is 1. The van der Waals surface area contributed by atoms with Gasteiger partial charge < -0.3 is 4.90 Å². The van der Waals surface area contributed by atoms with Crippen LogP contribution in [0.3, 0.4) is 0 Å². The van der Waals surface area contributed by atoms with Crippen LogP contribution in [0.5, 0.6) is 0 Å². The summed E-state index contributed by atoms with van der Waals surface area (Å²) in [7, 11) is -3.46. The van der Waals surface area contributed by atoms with Gasteiger partial charge in [0, 0.05) is 31.1 Å². The monoisotopic (exact) mass is 448 g/mol. The van der Waals surface area contributed by atoms with Gasteiger partial charge in [0.15, 0.2) is 0 Å². The van der Waals surface area contributed by atoms with Crippen LogP contribution in [0.15, 0.2) is 53.4 Å². The quantitative estimate of drug-likeness (QED) is 0.589. The summed E-state index contributed by atoms with van der Waals surface area (Å²) in [6.07, 6.45) is 2.92. The number of carbonyl (C=O) groups excluding carboxylic acids is 1. The summed E-state index contributed by atoms with van der Waals surface area (Å²) in [4.78, 5) is 15.1. The molecule has 7 heteroatoms. The molecule has 1 saturated heterocycles. The summed E-state index contributed by atoms with van der Waals surface area (Å²) >= 11 is 6.13. The van der Waals surface area contributed by atoms with Crippen LogP contribution in [0, 0.1) is 0 Å². The minimum Gasteiger partial charge on any atom is -0.336 e. The normalized spacial score (nSPS) is 16.9. The highest BCUT2D eigenvalue weighted by Crippen LogP contribution is 2.33. The average molecular weight is 449 g/mol. The van der Waals surface area contributed by atoms with E-state index in [0.717, 1.165) is 30.5 Å². The third kappa shape index (κ3) is 5.05. The smallest absolute Gasteiger partial charge is 0.243 e. The summed E-state index contributed by atoms with van der Waals surface area (Å²) in [6, 6.07) is 14.7. The van der Waals surface area contributed by atoms with Crippen molar-refractivity contribution >= 4 is 27.5 Å². The summed E-state index contributed by atoms with van der Waals surface area (Å²) in [5.41, 5.74) is 2.04. The van der Waals surface area contributed by atoms with Crippen molar-refractivity contribution in [3.63, 3.8) is 0 Å². The summed E-state index contributed by atoms with van der Waals surface area (Å²) in [6.45, 7) is 5.31. The standard InChI is InChI=1S/C23H29ClN2O3S/c1-3-25(4-2)30(28,29)21-13-10-18(11-14-21)12-15-23(27)26-16-6-9-22(26)19-7-5-8-20(24)17-19/h5,7-8,10-11,13-14,17,22H,3-4,6,9,12,15-16H2,1-2H3. The van der Waals surface area contributed by atoms with Gasteiger partial charge in [0.2, 0.25) is 15.9 Å². The molecule has 0 aromatic heterocycles. The molecule has 1 heterocycles. The van der Waals surface area contributed by atoms with Gasteiger partial charge >= 0.3 is 0 Å². The number of likely N-dealkylation sites (tertiary alicyclic amines) is 1. The lowest BCUT2D eigenvalue weighted by molar-refractivity contribution is -0.132. The molecule has 1 amide bonds. The Bertz CT molecular complexity index is 972. The molecule has 1 unspecified atom stereocenters. The first-order chi connectivity index (χ1) is 14.4. The number of amides is 1. The molecule has 0 aliphatic carbocycles. The fourth-order valence-corrected chi connectivity index (χ4v) is 5.72. The van der Waals surface area contributed by atoms with E-state index in [-0.39, 0.29) is 11.9 Å². The van der Waals surface area contributed by atoms with E-state index in [1.54, 1.807) is 12.1 Å². The van der Waals surface area contributed by atoms with Crippen molar-refractivity contribution in [2.75, 3.05) is 19.6 Å². The maximum absolute atomic E-state index is 12.9. The molecule has 1 atom stereocenters. The first-order valence-electron chi connectivity index (χ1n) is 10.5. The highest BCUT2D eigenvalue weighted by molar-refractivity contribution is 7.89. The molecule has 0 N–H and O–H groups in total. The van der Waals surface area contributed by atoms with Gasteiger partial charge in [-0.25, -0.2) is 8.42 Å². The van der Waals surface area contributed by atoms with E-state index in [1.165, 1.54) is 4.31 Å². The van der Waals surface area contributed by atoms with Crippen molar-refractivity contribution < 1.29 is 13.2 Å². The predicted molar refractivity (Wildman–Crippen MR) is 120 cm³/mol. The van der Waals surface area contributed by atoms with E-state index in [2.05, 4.69) is 0 Å². The van der Waals surface area contributed by atoms with E-state index in [4.69, 9.17) is 11.6 Å². The van der Waals surface area contributed by atoms with Crippen molar-refractivity contribution in [1.82, 2.24) is 9.21 Å². The van der Waals surface area contributed by atoms with Crippen LogP contribution in [0.1, 0.15) is 50.3 Å². The molecule has 2 aromatic rings. The molecule has 162 valence electrons. The van der Waals surface area contributed by atoms with Crippen LogP contribution >= 0.6 is 11.6 Å². The Balaban J connectivity index is 1.63. The lowest BCUT2D eigenvalue weighted by Gasteiger charge is -2.25. The largest absolute Gasteiger partial charge is 0.336 e. The molecule has 0 bridgehead atoms. The van der Waals surface area contributed by atoms with Gasteiger partial charge in [-0.15, -0.1) is 0 Å². The second-order valence-corrected chi connectivity index (χ2v) is 9.91. The Kier molecular flexibility index (Phi) is 7.55. The van der Waals surface area contributed by atoms with Gasteiger partial charge in [-0.05, 0) is 54.7 Å². The Morgan fingerprint density at radius 3 is 2.47 bits per heavy atom. The van der Waals surface area contributed by atoms with E-state index < -0.39 is 10.0 Å². The molecule has 0 saturated carbocycles. The van der Waals surface area contributed by atoms with Crippen molar-refractivity contribution in [2.24, 2.45) is 0 Å². The summed E-state index contributed by atoms with van der Waals surface area (Å²) < 4.78 is 26.6. The predicted octanol–water partition coefficient (Wildman–Crippen LogP) is 4.67. The second-order valence-electron chi connectivity index (χ2n) is 7.53. The number of rotatable bonds is 8. The molecule has 2 aromatic carbocycles. The van der Waals surface area contributed by atoms with Gasteiger partial charge in [0.25, 0.3) is 0 Å². The Morgan fingerprint density at radius 2 is 1.83 bits per heavy atom. The van der Waals surface area contributed by atoms with Crippen molar-refractivity contribution in [1.29, 1.82) is 0 Å². The zero-order chi connectivity index (χ0) is 21.7. The fourth-order valence-electron chi connectivity index (χ4n) is 4.06. The van der Waals surface area contributed by atoms with Crippen LogP contribution in [-0.4, -0.2) is 43.2 Å². The van der Waals surface area contributed by atoms with Crippen LogP contribution in [0.2, 0.25) is 5.02 Å². The molecule has 30 heavy (non-hydrogen) atoms. The van der Waals surface area contributed by atoms with Crippen LogP contribution in [-0.2, 0) is 21.2 Å². The maximum atomic E-state index is 12.9. The van der Waals surface area contributed by atoms with Gasteiger partial charge in [-0.2, -0.15) is 4.31 Å². The van der Waals surface area contributed by atoms with Crippen LogP contribution < -0.4 is 0 Å². The van der Waals surface area contributed by atoms with Gasteiger partial charge in [-0.1, -0.05) is 49.7 Å². The molecule has 1 aliphatic rings.